The van der Waals surface area contributed by atoms with Crippen LogP contribution in [0.3, 0.4) is 0 Å². The highest BCUT2D eigenvalue weighted by Crippen LogP contribution is 2.36. The summed E-state index contributed by atoms with van der Waals surface area (Å²) in [5.74, 6) is -0.373. The molecule has 0 radical (unpaired) electrons. The Bertz CT molecular complexity index is 341. The van der Waals surface area contributed by atoms with Crippen LogP contribution in [0, 0.1) is 0 Å². The van der Waals surface area contributed by atoms with Crippen molar-refractivity contribution in [1.29, 1.82) is 0 Å². The fourth-order valence-corrected chi connectivity index (χ4v) is 3.01. The first-order chi connectivity index (χ1) is 8.25. The summed E-state index contributed by atoms with van der Waals surface area (Å²) in [4.78, 5) is 22.8. The van der Waals surface area contributed by atoms with Crippen molar-refractivity contribution in [1.82, 2.24) is 5.32 Å². The highest BCUT2D eigenvalue weighted by atomic mass is 35.5. The number of alkyl halides is 1. The van der Waals surface area contributed by atoms with Gasteiger partial charge in [-0.2, -0.15) is 0 Å². The predicted molar refractivity (Wildman–Crippen MR) is 67.0 cm³/mol. The molecule has 0 aromatic rings. The molecule has 104 valence electrons. The van der Waals surface area contributed by atoms with Crippen molar-refractivity contribution in [2.45, 2.75) is 45.2 Å². The van der Waals surface area contributed by atoms with E-state index in [9.17, 15) is 14.7 Å². The summed E-state index contributed by atoms with van der Waals surface area (Å²) >= 11 is 5.42. The van der Waals surface area contributed by atoms with Crippen LogP contribution >= 0.6 is 11.6 Å². The second-order valence-electron chi connectivity index (χ2n) is 5.76. The summed E-state index contributed by atoms with van der Waals surface area (Å²) in [7, 11) is 0. The number of likely N-dealkylation sites (tertiary alicyclic amines) is 1. The summed E-state index contributed by atoms with van der Waals surface area (Å²) in [6.45, 7) is 6.56. The van der Waals surface area contributed by atoms with Crippen molar-refractivity contribution in [3.8, 4) is 0 Å². The van der Waals surface area contributed by atoms with Crippen LogP contribution in [-0.4, -0.2) is 47.0 Å². The van der Waals surface area contributed by atoms with E-state index in [4.69, 9.17) is 11.6 Å². The Hall–Kier alpha value is -0.810. The molecule has 0 bridgehead atoms. The van der Waals surface area contributed by atoms with Crippen molar-refractivity contribution in [2.24, 2.45) is 0 Å². The lowest BCUT2D eigenvalue weighted by molar-refractivity contribution is -0.929. The van der Waals surface area contributed by atoms with Crippen LogP contribution < -0.4 is 10.4 Å². The summed E-state index contributed by atoms with van der Waals surface area (Å²) in [5.41, 5.74) is -0.453. The average Bonchev–Trinajstić information content (AvgIpc) is 2.69. The van der Waals surface area contributed by atoms with Crippen LogP contribution in [-0.2, 0) is 4.79 Å². The Morgan fingerprint density at radius 3 is 2.50 bits per heavy atom. The molecule has 0 saturated carbocycles. The van der Waals surface area contributed by atoms with Gasteiger partial charge in [0.05, 0.1) is 18.6 Å². The van der Waals surface area contributed by atoms with Gasteiger partial charge in [-0.1, -0.05) is 0 Å². The second-order valence-corrected chi connectivity index (χ2v) is 6.03. The van der Waals surface area contributed by atoms with E-state index in [1.165, 1.54) is 0 Å². The maximum Gasteiger partial charge on any atom is 0.258 e. The van der Waals surface area contributed by atoms with Gasteiger partial charge in [0.1, 0.15) is 11.9 Å². The summed E-state index contributed by atoms with van der Waals surface area (Å²) in [5, 5.41) is 14.3. The Balaban J connectivity index is 2.89. The molecule has 18 heavy (non-hydrogen) atoms. The Morgan fingerprint density at radius 2 is 2.06 bits per heavy atom. The number of hydrogen-bond acceptors (Lipinski definition) is 3. The number of quaternary nitrogens is 1. The number of nitrogens with one attached hydrogen (secondary N) is 1. The fraction of sp³-hybridized carbons (Fsp3) is 0.833. The first kappa shape index (κ1) is 15.2. The number of hydrogen-bond donors (Lipinski definition) is 1. The van der Waals surface area contributed by atoms with Crippen LogP contribution in [0.5, 0.6) is 0 Å². The van der Waals surface area contributed by atoms with Crippen molar-refractivity contribution in [3.63, 3.8) is 0 Å². The van der Waals surface area contributed by atoms with Crippen molar-refractivity contribution < 1.29 is 19.2 Å². The van der Waals surface area contributed by atoms with E-state index in [2.05, 4.69) is 5.32 Å². The lowest BCUT2D eigenvalue weighted by Gasteiger charge is -2.49. The molecule has 1 N–H and O–H groups in total. The fourth-order valence-electron chi connectivity index (χ4n) is 2.91. The molecule has 0 spiro atoms. The second kappa shape index (κ2) is 5.45. The van der Waals surface area contributed by atoms with Gasteiger partial charge in [-0.25, -0.2) is 0 Å². The first-order valence-electron chi connectivity index (χ1n) is 6.17. The highest BCUT2D eigenvalue weighted by molar-refractivity contribution is 6.27. The van der Waals surface area contributed by atoms with E-state index in [1.807, 2.05) is 20.8 Å². The summed E-state index contributed by atoms with van der Waals surface area (Å²) in [6.07, 6.45) is 0.533. The Labute approximate surface area is 113 Å². The van der Waals surface area contributed by atoms with Crippen molar-refractivity contribution in [3.05, 3.63) is 0 Å². The van der Waals surface area contributed by atoms with E-state index < -0.39 is 11.6 Å². The lowest BCUT2D eigenvalue weighted by Crippen LogP contribution is -2.71. The van der Waals surface area contributed by atoms with Gasteiger partial charge in [-0.3, -0.25) is 9.28 Å². The number of nitrogens with zero attached hydrogens (tertiary/aromatic N) is 1. The number of amides is 2. The summed E-state index contributed by atoms with van der Waals surface area (Å²) < 4.78 is -0.102. The first-order valence-corrected chi connectivity index (χ1v) is 6.71. The van der Waals surface area contributed by atoms with E-state index in [-0.39, 0.29) is 22.3 Å². The van der Waals surface area contributed by atoms with Gasteiger partial charge in [0.25, 0.3) is 6.09 Å². The normalized spacial score (nSPS) is 28.1. The van der Waals surface area contributed by atoms with Crippen LogP contribution in [0.1, 0.15) is 33.6 Å². The molecule has 0 aliphatic carbocycles. The zero-order valence-corrected chi connectivity index (χ0v) is 11.9. The molecule has 2 atom stereocenters. The minimum absolute atomic E-state index is 0.102. The van der Waals surface area contributed by atoms with Crippen molar-refractivity contribution >= 4 is 23.6 Å². The number of carboxylic acid groups (broad SMARTS) is 1. The molecular formula is C12H21ClN2O3. The molecule has 0 aromatic heterocycles. The number of carbonyl (C=O) groups excluding carboxylic acids is 2. The third-order valence-electron chi connectivity index (χ3n) is 3.85. The number of rotatable bonds is 3. The van der Waals surface area contributed by atoms with Crippen LogP contribution in [0.2, 0.25) is 0 Å². The van der Waals surface area contributed by atoms with Crippen LogP contribution in [0.15, 0.2) is 0 Å². The smallest absolute Gasteiger partial charge is 0.258 e. The Kier molecular flexibility index (Phi) is 4.61. The van der Waals surface area contributed by atoms with Gasteiger partial charge in [0, 0.05) is 12.8 Å². The van der Waals surface area contributed by atoms with Gasteiger partial charge >= 0.3 is 0 Å². The van der Waals surface area contributed by atoms with Gasteiger partial charge in [-0.15, -0.1) is 11.6 Å². The monoisotopic (exact) mass is 276 g/mol. The molecule has 0 aromatic carbocycles. The zero-order valence-electron chi connectivity index (χ0n) is 11.2. The molecule has 1 saturated heterocycles. The maximum atomic E-state index is 11.6. The van der Waals surface area contributed by atoms with E-state index in [0.29, 0.717) is 13.1 Å². The van der Waals surface area contributed by atoms with Gasteiger partial charge in [0.15, 0.2) is 0 Å². The minimum Gasteiger partial charge on any atom is -0.498 e. The van der Waals surface area contributed by atoms with Gasteiger partial charge < -0.3 is 15.2 Å². The molecule has 1 heterocycles. The topological polar surface area (TPSA) is 69.2 Å². The molecular weight excluding hydrogens is 256 g/mol. The molecule has 1 fully saturated rings. The average molecular weight is 277 g/mol. The predicted octanol–water partition coefficient (Wildman–Crippen LogP) is 0.462. The van der Waals surface area contributed by atoms with Crippen molar-refractivity contribution in [2.75, 3.05) is 19.0 Å². The number of carbonyl (C=O) groups is 2. The molecule has 1 aliphatic heterocycles. The third kappa shape index (κ3) is 2.62. The number of halogens is 1. The maximum absolute atomic E-state index is 11.6. The van der Waals surface area contributed by atoms with Gasteiger partial charge in [-0.05, 0) is 20.8 Å². The van der Waals surface area contributed by atoms with E-state index in [1.54, 1.807) is 0 Å². The largest absolute Gasteiger partial charge is 0.498 e. The Morgan fingerprint density at radius 1 is 1.44 bits per heavy atom. The van der Waals surface area contributed by atoms with Crippen LogP contribution in [0.25, 0.3) is 0 Å². The third-order valence-corrected chi connectivity index (χ3v) is 4.09. The molecule has 6 heteroatoms. The summed E-state index contributed by atoms with van der Waals surface area (Å²) in [6, 6.07) is -0.151. The molecule has 1 aliphatic rings. The highest BCUT2D eigenvalue weighted by Gasteiger charge is 2.51. The molecule has 1 unspecified atom stereocenters. The van der Waals surface area contributed by atoms with E-state index >= 15 is 0 Å². The molecule has 5 nitrogen and oxygen atoms in total. The van der Waals surface area contributed by atoms with E-state index in [0.717, 1.165) is 12.8 Å². The molecule has 1 rings (SSSR count). The zero-order chi connectivity index (χ0) is 14.0. The minimum atomic E-state index is -1.06. The van der Waals surface area contributed by atoms with Gasteiger partial charge in [0.2, 0.25) is 5.91 Å². The SMILES string of the molecule is CC(C)(C)[N+]1(C(=O)[O-])CCC[C@@H]1CNC(=O)CCl. The molecule has 2 amide bonds. The van der Waals surface area contributed by atoms with Crippen LogP contribution in [0.4, 0.5) is 4.79 Å². The lowest BCUT2D eigenvalue weighted by atomic mass is 9.99. The standard InChI is InChI=1S/C12H21ClN2O3/c1-12(2,3)15(11(17)18)6-4-5-9(15)8-14-10(16)7-13/h9H,4-8H2,1-3H3,(H-,14,16,17,18)/t9-,15?/m1/s1. The quantitative estimate of drug-likeness (QED) is 0.601.